The molecular formula is C6H6BrF3N4. The quantitative estimate of drug-likeness (QED) is 0.860. The van der Waals surface area contributed by atoms with Gasteiger partial charge in [0.25, 0.3) is 0 Å². The normalized spacial score (nSPS) is 11.4. The summed E-state index contributed by atoms with van der Waals surface area (Å²) < 4.78 is 35.8. The minimum Gasteiger partial charge on any atom is -0.368 e. The molecule has 0 atom stereocenters. The lowest BCUT2D eigenvalue weighted by molar-refractivity contribution is -0.115. The Bertz CT molecular complexity index is 327. The minimum absolute atomic E-state index is 0.0230. The number of alkyl halides is 3. The highest BCUT2D eigenvalue weighted by atomic mass is 79.9. The third-order valence-corrected chi connectivity index (χ3v) is 1.80. The van der Waals surface area contributed by atoms with Gasteiger partial charge in [-0.2, -0.15) is 18.2 Å². The molecule has 0 unspecified atom stereocenters. The van der Waals surface area contributed by atoms with Crippen LogP contribution in [0.5, 0.6) is 0 Å². The van der Waals surface area contributed by atoms with Gasteiger partial charge >= 0.3 is 6.18 Å². The molecule has 3 N–H and O–H groups in total. The monoisotopic (exact) mass is 270 g/mol. The zero-order valence-corrected chi connectivity index (χ0v) is 8.35. The van der Waals surface area contributed by atoms with E-state index < -0.39 is 12.7 Å². The zero-order chi connectivity index (χ0) is 10.8. The Hall–Kier alpha value is -1.05. The number of nitrogens with one attached hydrogen (secondary N) is 1. The van der Waals surface area contributed by atoms with Crippen LogP contribution in [0.4, 0.5) is 24.9 Å². The van der Waals surface area contributed by atoms with Crippen LogP contribution in [0.25, 0.3) is 0 Å². The zero-order valence-electron chi connectivity index (χ0n) is 6.77. The molecule has 8 heteroatoms. The first-order chi connectivity index (χ1) is 6.38. The van der Waals surface area contributed by atoms with Gasteiger partial charge in [0.2, 0.25) is 5.95 Å². The van der Waals surface area contributed by atoms with Crippen LogP contribution in [-0.2, 0) is 0 Å². The molecule has 0 saturated carbocycles. The van der Waals surface area contributed by atoms with Crippen molar-refractivity contribution in [2.45, 2.75) is 6.18 Å². The summed E-state index contributed by atoms with van der Waals surface area (Å²) >= 11 is 2.99. The van der Waals surface area contributed by atoms with Crippen molar-refractivity contribution in [2.75, 3.05) is 17.6 Å². The molecule has 4 nitrogen and oxygen atoms in total. The molecule has 1 aromatic rings. The van der Waals surface area contributed by atoms with Crippen molar-refractivity contribution in [3.8, 4) is 0 Å². The van der Waals surface area contributed by atoms with Crippen molar-refractivity contribution in [1.29, 1.82) is 0 Å². The van der Waals surface area contributed by atoms with E-state index in [2.05, 4.69) is 31.2 Å². The lowest BCUT2D eigenvalue weighted by atomic mass is 10.5. The van der Waals surface area contributed by atoms with E-state index in [0.29, 0.717) is 4.47 Å². The van der Waals surface area contributed by atoms with Crippen LogP contribution in [0, 0.1) is 0 Å². The van der Waals surface area contributed by atoms with E-state index in [0.717, 1.165) is 0 Å². The second-order valence-electron chi connectivity index (χ2n) is 2.39. The number of hydrogen-bond donors (Lipinski definition) is 2. The number of halogens is 4. The summed E-state index contributed by atoms with van der Waals surface area (Å²) in [6, 6.07) is 0. The number of rotatable bonds is 2. The standard InChI is InChI=1S/C6H6BrF3N4/c7-3-1-12-5(11)14-4(3)13-2-6(8,9)10/h1H,2H2,(H3,11,12,13,14). The molecule has 1 heterocycles. The molecule has 0 aliphatic heterocycles. The maximum atomic E-state index is 11.8. The Balaban J connectivity index is 2.72. The first-order valence-electron chi connectivity index (χ1n) is 3.47. The molecule has 0 saturated heterocycles. The summed E-state index contributed by atoms with van der Waals surface area (Å²) in [6.45, 7) is -1.16. The molecule has 1 rings (SSSR count). The number of aromatic nitrogens is 2. The Morgan fingerprint density at radius 3 is 2.71 bits per heavy atom. The van der Waals surface area contributed by atoms with E-state index in [-0.39, 0.29) is 11.8 Å². The summed E-state index contributed by atoms with van der Waals surface area (Å²) in [5, 5.41) is 2.09. The van der Waals surface area contributed by atoms with E-state index in [9.17, 15) is 13.2 Å². The molecular weight excluding hydrogens is 265 g/mol. The van der Waals surface area contributed by atoms with Gasteiger partial charge in [-0.05, 0) is 15.9 Å². The van der Waals surface area contributed by atoms with Crippen molar-refractivity contribution in [2.24, 2.45) is 0 Å². The van der Waals surface area contributed by atoms with Gasteiger partial charge in [0.15, 0.2) is 0 Å². The molecule has 0 fully saturated rings. The van der Waals surface area contributed by atoms with Crippen molar-refractivity contribution in [1.82, 2.24) is 9.97 Å². The highest BCUT2D eigenvalue weighted by molar-refractivity contribution is 9.10. The topological polar surface area (TPSA) is 63.8 Å². The summed E-state index contributed by atoms with van der Waals surface area (Å²) in [5.74, 6) is -0.0623. The highest BCUT2D eigenvalue weighted by Gasteiger charge is 2.27. The van der Waals surface area contributed by atoms with Gasteiger partial charge in [0.05, 0.1) is 4.47 Å². The molecule has 0 aromatic carbocycles. The molecule has 0 radical (unpaired) electrons. The molecule has 0 aliphatic rings. The molecule has 14 heavy (non-hydrogen) atoms. The minimum atomic E-state index is -4.29. The summed E-state index contributed by atoms with van der Waals surface area (Å²) in [6.07, 6.45) is -3.01. The average molecular weight is 271 g/mol. The van der Waals surface area contributed by atoms with E-state index in [4.69, 9.17) is 5.73 Å². The number of nitrogens with two attached hydrogens (primary N) is 1. The van der Waals surface area contributed by atoms with Crippen LogP contribution in [0.3, 0.4) is 0 Å². The number of anilines is 2. The van der Waals surface area contributed by atoms with Crippen LogP contribution in [0.15, 0.2) is 10.7 Å². The van der Waals surface area contributed by atoms with E-state index in [1.165, 1.54) is 6.20 Å². The van der Waals surface area contributed by atoms with Crippen LogP contribution in [0.1, 0.15) is 0 Å². The largest absolute Gasteiger partial charge is 0.405 e. The lowest BCUT2D eigenvalue weighted by Gasteiger charge is -2.09. The molecule has 78 valence electrons. The first-order valence-corrected chi connectivity index (χ1v) is 4.26. The second kappa shape index (κ2) is 3.99. The van der Waals surface area contributed by atoms with Gasteiger partial charge in [-0.1, -0.05) is 0 Å². The SMILES string of the molecule is Nc1ncc(Br)c(NCC(F)(F)F)n1. The Labute approximate surface area is 85.9 Å². The van der Waals surface area contributed by atoms with E-state index in [1.54, 1.807) is 0 Å². The van der Waals surface area contributed by atoms with Gasteiger partial charge in [-0.15, -0.1) is 0 Å². The molecule has 0 aliphatic carbocycles. The summed E-state index contributed by atoms with van der Waals surface area (Å²) in [5.41, 5.74) is 5.20. The predicted octanol–water partition coefficient (Wildman–Crippen LogP) is 1.80. The fourth-order valence-electron chi connectivity index (χ4n) is 0.689. The maximum absolute atomic E-state index is 11.8. The third kappa shape index (κ3) is 3.36. The lowest BCUT2D eigenvalue weighted by Crippen LogP contribution is -2.22. The third-order valence-electron chi connectivity index (χ3n) is 1.22. The van der Waals surface area contributed by atoms with Gasteiger partial charge < -0.3 is 11.1 Å². The highest BCUT2D eigenvalue weighted by Crippen LogP contribution is 2.21. The van der Waals surface area contributed by atoms with Gasteiger partial charge in [-0.3, -0.25) is 0 Å². The van der Waals surface area contributed by atoms with Crippen molar-refractivity contribution < 1.29 is 13.2 Å². The fourth-order valence-corrected chi connectivity index (χ4v) is 1.02. The van der Waals surface area contributed by atoms with Crippen LogP contribution >= 0.6 is 15.9 Å². The summed E-state index contributed by atoms with van der Waals surface area (Å²) in [7, 11) is 0. The maximum Gasteiger partial charge on any atom is 0.405 e. The Morgan fingerprint density at radius 1 is 1.50 bits per heavy atom. The Morgan fingerprint density at radius 2 is 2.14 bits per heavy atom. The second-order valence-corrected chi connectivity index (χ2v) is 3.25. The summed E-state index contributed by atoms with van der Waals surface area (Å²) in [4.78, 5) is 7.17. The number of nitrogen functional groups attached to an aromatic ring is 1. The van der Waals surface area contributed by atoms with Gasteiger partial charge in [0.1, 0.15) is 12.4 Å². The van der Waals surface area contributed by atoms with Crippen LogP contribution in [0.2, 0.25) is 0 Å². The molecule has 0 amide bonds. The molecule has 0 bridgehead atoms. The van der Waals surface area contributed by atoms with Crippen molar-refractivity contribution in [3.63, 3.8) is 0 Å². The first kappa shape index (κ1) is 11.0. The number of nitrogens with zero attached hydrogens (tertiary/aromatic N) is 2. The van der Waals surface area contributed by atoms with Crippen molar-refractivity contribution >= 4 is 27.7 Å². The number of hydrogen-bond acceptors (Lipinski definition) is 4. The average Bonchev–Trinajstić information content (AvgIpc) is 2.05. The van der Waals surface area contributed by atoms with E-state index in [1.807, 2.05) is 0 Å². The molecule has 0 spiro atoms. The van der Waals surface area contributed by atoms with E-state index >= 15 is 0 Å². The van der Waals surface area contributed by atoms with Crippen LogP contribution < -0.4 is 11.1 Å². The van der Waals surface area contributed by atoms with Crippen molar-refractivity contribution in [3.05, 3.63) is 10.7 Å². The van der Waals surface area contributed by atoms with Gasteiger partial charge in [0, 0.05) is 6.20 Å². The smallest absolute Gasteiger partial charge is 0.368 e. The fraction of sp³-hybridized carbons (Fsp3) is 0.333. The Kier molecular flexibility index (Phi) is 3.14. The van der Waals surface area contributed by atoms with Gasteiger partial charge in [-0.25, -0.2) is 4.98 Å². The van der Waals surface area contributed by atoms with Crippen LogP contribution in [-0.4, -0.2) is 22.7 Å². The predicted molar refractivity (Wildman–Crippen MR) is 48.7 cm³/mol. The molecule has 1 aromatic heterocycles.